The lowest BCUT2D eigenvalue weighted by atomic mass is 9.89. The van der Waals surface area contributed by atoms with Crippen molar-refractivity contribution in [2.75, 3.05) is 14.1 Å². The minimum atomic E-state index is 0.276. The second kappa shape index (κ2) is 5.31. The van der Waals surface area contributed by atoms with Gasteiger partial charge in [0.05, 0.1) is 6.17 Å². The van der Waals surface area contributed by atoms with Gasteiger partial charge in [-0.1, -0.05) is 20.8 Å². The van der Waals surface area contributed by atoms with E-state index in [2.05, 4.69) is 72.4 Å². The molecule has 0 radical (unpaired) electrons. The zero-order chi connectivity index (χ0) is 12.4. The lowest BCUT2D eigenvalue weighted by Gasteiger charge is -2.47. The molecule has 0 aliphatic rings. The lowest BCUT2D eigenvalue weighted by molar-refractivity contribution is -0.0320. The third-order valence-electron chi connectivity index (χ3n) is 3.18. The Morgan fingerprint density at radius 2 is 1.00 bits per heavy atom. The summed E-state index contributed by atoms with van der Waals surface area (Å²) in [6.07, 6.45) is 0.484. The van der Waals surface area contributed by atoms with Crippen LogP contribution in [0.25, 0.3) is 0 Å². The molecule has 0 amide bonds. The number of rotatable bonds is 4. The van der Waals surface area contributed by atoms with Gasteiger partial charge in [0, 0.05) is 12.1 Å². The van der Waals surface area contributed by atoms with Crippen molar-refractivity contribution in [3.63, 3.8) is 0 Å². The zero-order valence-electron chi connectivity index (χ0n) is 12.1. The highest BCUT2D eigenvalue weighted by molar-refractivity contribution is 4.83. The van der Waals surface area contributed by atoms with Crippen LogP contribution in [0.1, 0.15) is 48.5 Å². The average molecular weight is 214 g/mol. The van der Waals surface area contributed by atoms with Crippen molar-refractivity contribution in [2.45, 2.75) is 66.7 Å². The highest BCUT2D eigenvalue weighted by Crippen LogP contribution is 2.28. The molecule has 0 saturated carbocycles. The van der Waals surface area contributed by atoms with Gasteiger partial charge in [0.15, 0.2) is 0 Å². The third kappa shape index (κ3) is 4.12. The van der Waals surface area contributed by atoms with Gasteiger partial charge in [-0.25, -0.2) is 0 Å². The summed E-state index contributed by atoms with van der Waals surface area (Å²) in [5, 5.41) is 0. The van der Waals surface area contributed by atoms with Gasteiger partial charge in [0.25, 0.3) is 0 Å². The summed E-state index contributed by atoms with van der Waals surface area (Å²) in [6, 6.07) is 1.16. The Labute approximate surface area is 96.6 Å². The molecule has 0 spiro atoms. The van der Waals surface area contributed by atoms with Crippen LogP contribution in [0.15, 0.2) is 0 Å². The van der Waals surface area contributed by atoms with Crippen molar-refractivity contribution in [2.24, 2.45) is 5.41 Å². The number of nitrogens with zero attached hydrogens (tertiary/aromatic N) is 2. The van der Waals surface area contributed by atoms with Crippen LogP contribution in [-0.4, -0.2) is 42.1 Å². The van der Waals surface area contributed by atoms with E-state index in [0.29, 0.717) is 18.2 Å². The maximum atomic E-state index is 2.46. The van der Waals surface area contributed by atoms with Crippen molar-refractivity contribution in [3.8, 4) is 0 Å². The van der Waals surface area contributed by atoms with Crippen LogP contribution >= 0.6 is 0 Å². The number of hydrogen-bond acceptors (Lipinski definition) is 2. The Kier molecular flexibility index (Phi) is 5.28. The highest BCUT2D eigenvalue weighted by atomic mass is 15.4. The quantitative estimate of drug-likeness (QED) is 0.664. The van der Waals surface area contributed by atoms with E-state index in [1.165, 1.54) is 0 Å². The standard InChI is InChI=1S/C13H30N2/c1-10(2)14(8)12(13(5,6)7)15(9)11(3)4/h10-12H,1-9H3. The van der Waals surface area contributed by atoms with Gasteiger partial charge in [-0.15, -0.1) is 0 Å². The first-order valence-electron chi connectivity index (χ1n) is 6.03. The first kappa shape index (κ1) is 14.9. The van der Waals surface area contributed by atoms with Gasteiger partial charge < -0.3 is 0 Å². The van der Waals surface area contributed by atoms with Gasteiger partial charge in [0.1, 0.15) is 0 Å². The zero-order valence-corrected chi connectivity index (χ0v) is 12.1. The summed E-state index contributed by atoms with van der Waals surface area (Å²) < 4.78 is 0. The van der Waals surface area contributed by atoms with Gasteiger partial charge in [0.2, 0.25) is 0 Å². The van der Waals surface area contributed by atoms with E-state index in [4.69, 9.17) is 0 Å². The van der Waals surface area contributed by atoms with E-state index in [-0.39, 0.29) is 5.41 Å². The van der Waals surface area contributed by atoms with E-state index >= 15 is 0 Å². The Morgan fingerprint density at radius 1 is 0.733 bits per heavy atom. The van der Waals surface area contributed by atoms with Crippen molar-refractivity contribution >= 4 is 0 Å². The molecule has 0 saturated heterocycles. The van der Waals surface area contributed by atoms with E-state index in [0.717, 1.165) is 0 Å². The van der Waals surface area contributed by atoms with Crippen LogP contribution in [0.3, 0.4) is 0 Å². The smallest absolute Gasteiger partial charge is 0.0671 e. The molecule has 0 atom stereocenters. The first-order chi connectivity index (χ1) is 6.59. The predicted molar refractivity (Wildman–Crippen MR) is 69.0 cm³/mol. The minimum Gasteiger partial charge on any atom is -0.288 e. The molecule has 0 aromatic carbocycles. The van der Waals surface area contributed by atoms with E-state index in [1.54, 1.807) is 0 Å². The average Bonchev–Trinajstić information content (AvgIpc) is 2.01. The fourth-order valence-electron chi connectivity index (χ4n) is 2.07. The summed E-state index contributed by atoms with van der Waals surface area (Å²) in [6.45, 7) is 16.0. The molecule has 0 heterocycles. The molecule has 0 fully saturated rings. The molecule has 0 unspecified atom stereocenters. The molecular formula is C13H30N2. The van der Waals surface area contributed by atoms with E-state index in [9.17, 15) is 0 Å². The third-order valence-corrected chi connectivity index (χ3v) is 3.18. The summed E-state index contributed by atoms with van der Waals surface area (Å²) in [7, 11) is 4.44. The SMILES string of the molecule is CC(C)N(C)C(N(C)C(C)C)C(C)(C)C. The maximum Gasteiger partial charge on any atom is 0.0671 e. The molecule has 2 heteroatoms. The second-order valence-electron chi connectivity index (χ2n) is 6.26. The van der Waals surface area contributed by atoms with Gasteiger partial charge in [-0.3, -0.25) is 9.80 Å². The molecule has 0 N–H and O–H groups in total. The topological polar surface area (TPSA) is 6.48 Å². The molecule has 0 aliphatic heterocycles. The fourth-order valence-corrected chi connectivity index (χ4v) is 2.07. The second-order valence-corrected chi connectivity index (χ2v) is 6.26. The van der Waals surface area contributed by atoms with Crippen LogP contribution in [0.2, 0.25) is 0 Å². The summed E-state index contributed by atoms with van der Waals surface area (Å²) in [5.74, 6) is 0. The Bertz CT molecular complexity index is 165. The minimum absolute atomic E-state index is 0.276. The van der Waals surface area contributed by atoms with Crippen molar-refractivity contribution in [3.05, 3.63) is 0 Å². The maximum absolute atomic E-state index is 2.46. The molecule has 0 aromatic rings. The van der Waals surface area contributed by atoms with Gasteiger partial charge >= 0.3 is 0 Å². The lowest BCUT2D eigenvalue weighted by Crippen LogP contribution is -2.56. The van der Waals surface area contributed by atoms with E-state index < -0.39 is 0 Å². The van der Waals surface area contributed by atoms with Gasteiger partial charge in [-0.05, 0) is 47.2 Å². The molecule has 15 heavy (non-hydrogen) atoms. The molecule has 0 rings (SSSR count). The van der Waals surface area contributed by atoms with Crippen LogP contribution in [0.5, 0.6) is 0 Å². The summed E-state index contributed by atoms with van der Waals surface area (Å²) in [5.41, 5.74) is 0.276. The Balaban J connectivity index is 4.90. The first-order valence-corrected chi connectivity index (χ1v) is 6.03. The highest BCUT2D eigenvalue weighted by Gasteiger charge is 2.33. The van der Waals surface area contributed by atoms with Crippen molar-refractivity contribution in [1.82, 2.24) is 9.80 Å². The fraction of sp³-hybridized carbons (Fsp3) is 1.00. The van der Waals surface area contributed by atoms with Crippen LogP contribution < -0.4 is 0 Å². The monoisotopic (exact) mass is 214 g/mol. The molecule has 0 aliphatic carbocycles. The molecule has 0 bridgehead atoms. The van der Waals surface area contributed by atoms with E-state index in [1.807, 2.05) is 0 Å². The Hall–Kier alpha value is -0.0800. The molecular weight excluding hydrogens is 184 g/mol. The largest absolute Gasteiger partial charge is 0.288 e. The predicted octanol–water partition coefficient (Wildman–Crippen LogP) is 3.04. The van der Waals surface area contributed by atoms with Crippen LogP contribution in [-0.2, 0) is 0 Å². The summed E-state index contributed by atoms with van der Waals surface area (Å²) >= 11 is 0. The van der Waals surface area contributed by atoms with Crippen LogP contribution in [0.4, 0.5) is 0 Å². The molecule has 92 valence electrons. The molecule has 0 aromatic heterocycles. The summed E-state index contributed by atoms with van der Waals surface area (Å²) in [4.78, 5) is 4.92. The number of hydrogen-bond donors (Lipinski definition) is 0. The van der Waals surface area contributed by atoms with Crippen LogP contribution in [0, 0.1) is 5.41 Å². The Morgan fingerprint density at radius 3 is 1.13 bits per heavy atom. The van der Waals surface area contributed by atoms with Crippen molar-refractivity contribution < 1.29 is 0 Å². The van der Waals surface area contributed by atoms with Gasteiger partial charge in [-0.2, -0.15) is 0 Å². The van der Waals surface area contributed by atoms with Crippen molar-refractivity contribution in [1.29, 1.82) is 0 Å². The molecule has 2 nitrogen and oxygen atoms in total. The normalized spacial score (nSPS) is 14.0.